The van der Waals surface area contributed by atoms with Gasteiger partial charge in [-0.1, -0.05) is 13.0 Å². The van der Waals surface area contributed by atoms with Crippen molar-refractivity contribution in [2.45, 2.75) is 11.8 Å². The van der Waals surface area contributed by atoms with Crippen LogP contribution in [0.1, 0.15) is 6.92 Å². The number of nitrogen functional groups attached to an aromatic ring is 1. The van der Waals surface area contributed by atoms with Crippen molar-refractivity contribution in [3.63, 3.8) is 0 Å². The van der Waals surface area contributed by atoms with Crippen LogP contribution in [0, 0.1) is 5.92 Å². The van der Waals surface area contributed by atoms with E-state index < -0.39 is 21.9 Å². The zero-order chi connectivity index (χ0) is 13.9. The van der Waals surface area contributed by atoms with Crippen molar-refractivity contribution in [1.29, 1.82) is 0 Å². The highest BCUT2D eigenvalue weighted by Crippen LogP contribution is 2.17. The molecule has 1 rings (SSSR count). The van der Waals surface area contributed by atoms with Gasteiger partial charge in [-0.2, -0.15) is 0 Å². The number of nitrogens with two attached hydrogens (primary N) is 1. The average Bonchev–Trinajstić information content (AvgIpc) is 2.28. The van der Waals surface area contributed by atoms with Gasteiger partial charge in [0.15, 0.2) is 0 Å². The number of sulfonamides is 1. The summed E-state index contributed by atoms with van der Waals surface area (Å²) in [5, 5.41) is 8.77. The maximum Gasteiger partial charge on any atom is 0.307 e. The molecule has 0 radical (unpaired) electrons. The predicted octanol–water partition coefficient (Wildman–Crippen LogP) is 0.610. The molecule has 0 spiro atoms. The summed E-state index contributed by atoms with van der Waals surface area (Å²) in [4.78, 5) is 10.8. The third-order valence-corrected chi connectivity index (χ3v) is 4.34. The molecule has 3 N–H and O–H groups in total. The van der Waals surface area contributed by atoms with Crippen LogP contribution in [-0.2, 0) is 14.8 Å². The van der Waals surface area contributed by atoms with E-state index in [0.717, 1.165) is 4.31 Å². The molecule has 18 heavy (non-hydrogen) atoms. The fraction of sp³-hybridized carbons (Fsp3) is 0.364. The molecule has 0 aliphatic carbocycles. The Morgan fingerprint density at radius 2 is 2.11 bits per heavy atom. The van der Waals surface area contributed by atoms with Gasteiger partial charge in [0.1, 0.15) is 0 Å². The largest absolute Gasteiger partial charge is 0.481 e. The quantitative estimate of drug-likeness (QED) is 0.765. The Morgan fingerprint density at radius 3 is 2.61 bits per heavy atom. The number of rotatable bonds is 5. The highest BCUT2D eigenvalue weighted by molar-refractivity contribution is 7.89. The first-order valence-electron chi connectivity index (χ1n) is 5.30. The van der Waals surface area contributed by atoms with Crippen LogP contribution in [0.25, 0.3) is 0 Å². The topological polar surface area (TPSA) is 101 Å². The van der Waals surface area contributed by atoms with Gasteiger partial charge in [0.2, 0.25) is 10.0 Å². The van der Waals surface area contributed by atoms with Gasteiger partial charge in [0, 0.05) is 19.3 Å². The van der Waals surface area contributed by atoms with Crippen LogP contribution in [-0.4, -0.2) is 37.4 Å². The third kappa shape index (κ3) is 3.21. The smallest absolute Gasteiger partial charge is 0.307 e. The highest BCUT2D eigenvalue weighted by atomic mass is 32.2. The Hall–Kier alpha value is -1.60. The van der Waals surface area contributed by atoms with Crippen LogP contribution in [0.5, 0.6) is 0 Å². The lowest BCUT2D eigenvalue weighted by Gasteiger charge is -2.19. The molecule has 0 saturated heterocycles. The molecule has 1 atom stereocenters. The minimum atomic E-state index is -3.70. The second-order valence-electron chi connectivity index (χ2n) is 4.10. The number of hydrogen-bond donors (Lipinski definition) is 2. The molecule has 6 nitrogen and oxygen atoms in total. The van der Waals surface area contributed by atoms with E-state index in [1.165, 1.54) is 32.2 Å². The van der Waals surface area contributed by atoms with Crippen molar-refractivity contribution in [2.24, 2.45) is 5.92 Å². The monoisotopic (exact) mass is 272 g/mol. The molecule has 0 aliphatic rings. The fourth-order valence-electron chi connectivity index (χ4n) is 1.42. The van der Waals surface area contributed by atoms with Gasteiger partial charge in [-0.3, -0.25) is 4.79 Å². The van der Waals surface area contributed by atoms with Crippen molar-refractivity contribution in [2.75, 3.05) is 19.3 Å². The predicted molar refractivity (Wildman–Crippen MR) is 67.5 cm³/mol. The molecule has 0 saturated carbocycles. The van der Waals surface area contributed by atoms with Gasteiger partial charge in [-0.25, -0.2) is 12.7 Å². The number of carbonyl (C=O) groups is 1. The maximum absolute atomic E-state index is 12.1. The zero-order valence-corrected chi connectivity index (χ0v) is 11.0. The van der Waals surface area contributed by atoms with Crippen LogP contribution in [0.15, 0.2) is 29.2 Å². The summed E-state index contributed by atoms with van der Waals surface area (Å²) in [6, 6.07) is 5.89. The SMILES string of the molecule is CC(CN(C)S(=O)(=O)c1cccc(N)c1)C(=O)O. The lowest BCUT2D eigenvalue weighted by Crippen LogP contribution is -2.33. The molecule has 0 bridgehead atoms. The van der Waals surface area contributed by atoms with E-state index in [1.54, 1.807) is 6.07 Å². The molecule has 0 fully saturated rings. The molecule has 100 valence electrons. The second kappa shape index (κ2) is 5.36. The molecule has 7 heteroatoms. The first-order chi connectivity index (χ1) is 8.25. The molecule has 1 aromatic carbocycles. The molecule has 0 aliphatic heterocycles. The summed E-state index contributed by atoms with van der Waals surface area (Å²) in [7, 11) is -2.35. The van der Waals surface area contributed by atoms with E-state index in [9.17, 15) is 13.2 Å². The summed E-state index contributed by atoms with van der Waals surface area (Å²) < 4.78 is 25.3. The van der Waals surface area contributed by atoms with Gasteiger partial charge < -0.3 is 10.8 Å². The summed E-state index contributed by atoms with van der Waals surface area (Å²) in [6.45, 7) is 1.36. The number of benzene rings is 1. The van der Waals surface area contributed by atoms with Crippen LogP contribution < -0.4 is 5.73 Å². The molecule has 1 unspecified atom stereocenters. The molecule has 0 amide bonds. The van der Waals surface area contributed by atoms with Crippen LogP contribution >= 0.6 is 0 Å². The second-order valence-corrected chi connectivity index (χ2v) is 6.14. The Balaban J connectivity index is 2.97. The van der Waals surface area contributed by atoms with Gasteiger partial charge in [0.25, 0.3) is 0 Å². The zero-order valence-electron chi connectivity index (χ0n) is 10.2. The molecular formula is C11H16N2O4S. The van der Waals surface area contributed by atoms with Gasteiger partial charge in [0.05, 0.1) is 10.8 Å². The highest BCUT2D eigenvalue weighted by Gasteiger charge is 2.24. The summed E-state index contributed by atoms with van der Waals surface area (Å²) in [5.41, 5.74) is 5.87. The van der Waals surface area contributed by atoms with Crippen molar-refractivity contribution in [3.05, 3.63) is 24.3 Å². The standard InChI is InChI=1S/C11H16N2O4S/c1-8(11(14)15)7-13(2)18(16,17)10-5-3-4-9(12)6-10/h3-6,8H,7,12H2,1-2H3,(H,14,15). The van der Waals surface area contributed by atoms with Crippen LogP contribution in [0.3, 0.4) is 0 Å². The van der Waals surface area contributed by atoms with Crippen LogP contribution in [0.4, 0.5) is 5.69 Å². The summed E-state index contributed by atoms with van der Waals surface area (Å²) in [5.74, 6) is -1.81. The lowest BCUT2D eigenvalue weighted by molar-refractivity contribution is -0.141. The van der Waals surface area contributed by atoms with Crippen molar-refractivity contribution in [1.82, 2.24) is 4.31 Å². The van der Waals surface area contributed by atoms with Gasteiger partial charge >= 0.3 is 5.97 Å². The van der Waals surface area contributed by atoms with Crippen molar-refractivity contribution >= 4 is 21.7 Å². The summed E-state index contributed by atoms with van der Waals surface area (Å²) in [6.07, 6.45) is 0. The Labute approximate surface area is 106 Å². The molecule has 0 heterocycles. The minimum absolute atomic E-state index is 0.0580. The van der Waals surface area contributed by atoms with Crippen LogP contribution in [0.2, 0.25) is 0 Å². The van der Waals surface area contributed by atoms with E-state index in [2.05, 4.69) is 0 Å². The molecular weight excluding hydrogens is 256 g/mol. The van der Waals surface area contributed by atoms with Gasteiger partial charge in [-0.15, -0.1) is 0 Å². The van der Waals surface area contributed by atoms with Crippen molar-refractivity contribution < 1.29 is 18.3 Å². The van der Waals surface area contributed by atoms with Crippen molar-refractivity contribution in [3.8, 4) is 0 Å². The first kappa shape index (κ1) is 14.5. The number of carboxylic acids is 1. The lowest BCUT2D eigenvalue weighted by atomic mass is 10.2. The molecule has 0 aromatic heterocycles. The van der Waals surface area contributed by atoms with Gasteiger partial charge in [-0.05, 0) is 18.2 Å². The minimum Gasteiger partial charge on any atom is -0.481 e. The number of carboxylic acid groups (broad SMARTS) is 1. The number of anilines is 1. The van der Waals surface area contributed by atoms with E-state index in [4.69, 9.17) is 10.8 Å². The van der Waals surface area contributed by atoms with E-state index >= 15 is 0 Å². The average molecular weight is 272 g/mol. The first-order valence-corrected chi connectivity index (χ1v) is 6.74. The number of hydrogen-bond acceptors (Lipinski definition) is 4. The number of nitrogens with zero attached hydrogens (tertiary/aromatic N) is 1. The Kier molecular flexibility index (Phi) is 4.31. The normalized spacial score (nSPS) is 13.5. The van der Waals surface area contributed by atoms with E-state index in [-0.39, 0.29) is 11.4 Å². The van der Waals surface area contributed by atoms with E-state index in [1.807, 2.05) is 0 Å². The molecule has 1 aromatic rings. The van der Waals surface area contributed by atoms with E-state index in [0.29, 0.717) is 5.69 Å². The summed E-state index contributed by atoms with van der Waals surface area (Å²) >= 11 is 0. The number of aliphatic carboxylic acids is 1. The Bertz CT molecular complexity index is 542. The maximum atomic E-state index is 12.1. The fourth-order valence-corrected chi connectivity index (χ4v) is 2.73. The Morgan fingerprint density at radius 1 is 1.50 bits per heavy atom. The third-order valence-electron chi connectivity index (χ3n) is 2.52.